The summed E-state index contributed by atoms with van der Waals surface area (Å²) in [6.45, 7) is 2.36. The number of nitrogens with one attached hydrogen (secondary N) is 1. The van der Waals surface area contributed by atoms with Gasteiger partial charge in [-0.3, -0.25) is 4.79 Å². The van der Waals surface area contributed by atoms with Crippen molar-refractivity contribution in [3.05, 3.63) is 102 Å². The number of aromatic amines is 1. The average Bonchev–Trinajstić information content (AvgIpc) is 2.84. The Bertz CT molecular complexity index is 1560. The van der Waals surface area contributed by atoms with E-state index in [9.17, 15) is 19.5 Å². The fraction of sp³-hybridized carbons (Fsp3) is 0.120. The number of nitrogens with zero attached hydrogens (tertiary/aromatic N) is 2. The molecule has 9 nitrogen and oxygen atoms in total. The van der Waals surface area contributed by atoms with Gasteiger partial charge in [0.2, 0.25) is 0 Å². The number of carboxylic acids is 1. The van der Waals surface area contributed by atoms with Crippen molar-refractivity contribution in [2.24, 2.45) is 5.10 Å². The molecule has 35 heavy (non-hydrogen) atoms. The molecule has 0 radical (unpaired) electrons. The summed E-state index contributed by atoms with van der Waals surface area (Å²) in [5, 5.41) is 13.6. The monoisotopic (exact) mass is 585 g/mol. The lowest BCUT2D eigenvalue weighted by molar-refractivity contribution is 0.0696. The smallest absolute Gasteiger partial charge is 0.349 e. The highest BCUT2D eigenvalue weighted by atomic mass is 127. The zero-order valence-corrected chi connectivity index (χ0v) is 20.7. The molecule has 178 valence electrons. The van der Waals surface area contributed by atoms with Crippen LogP contribution in [-0.2, 0) is 6.61 Å². The first-order valence-electron chi connectivity index (χ1n) is 10.6. The van der Waals surface area contributed by atoms with Gasteiger partial charge in [0.1, 0.15) is 6.61 Å². The first-order chi connectivity index (χ1) is 16.9. The Kier molecular flexibility index (Phi) is 7.30. The van der Waals surface area contributed by atoms with Crippen LogP contribution in [0.1, 0.15) is 28.4 Å². The third-order valence-corrected chi connectivity index (χ3v) is 5.80. The van der Waals surface area contributed by atoms with Crippen molar-refractivity contribution in [3.63, 3.8) is 0 Å². The number of ether oxygens (including phenoxy) is 2. The van der Waals surface area contributed by atoms with E-state index in [2.05, 4.69) is 32.7 Å². The summed E-state index contributed by atoms with van der Waals surface area (Å²) in [7, 11) is 0. The van der Waals surface area contributed by atoms with Crippen LogP contribution in [0.3, 0.4) is 0 Å². The zero-order chi connectivity index (χ0) is 24.9. The average molecular weight is 585 g/mol. The van der Waals surface area contributed by atoms with Crippen molar-refractivity contribution in [1.29, 1.82) is 0 Å². The molecule has 0 aliphatic rings. The van der Waals surface area contributed by atoms with Crippen molar-refractivity contribution in [3.8, 4) is 11.5 Å². The van der Waals surface area contributed by atoms with Crippen LogP contribution in [0, 0.1) is 3.57 Å². The minimum absolute atomic E-state index is 0.145. The molecule has 0 bridgehead atoms. The summed E-state index contributed by atoms with van der Waals surface area (Å²) in [5.41, 5.74) is 0.743. The predicted molar refractivity (Wildman–Crippen MR) is 140 cm³/mol. The van der Waals surface area contributed by atoms with Gasteiger partial charge >= 0.3 is 11.7 Å². The van der Waals surface area contributed by atoms with Crippen molar-refractivity contribution in [2.45, 2.75) is 13.5 Å². The van der Waals surface area contributed by atoms with Gasteiger partial charge in [-0.05, 0) is 77.0 Å². The predicted octanol–water partition coefficient (Wildman–Crippen LogP) is 3.85. The molecule has 0 amide bonds. The Morgan fingerprint density at radius 2 is 1.91 bits per heavy atom. The molecular formula is C25H20IN3O6. The molecule has 0 fully saturated rings. The van der Waals surface area contributed by atoms with Gasteiger partial charge in [0.15, 0.2) is 11.5 Å². The Balaban J connectivity index is 1.63. The van der Waals surface area contributed by atoms with Gasteiger partial charge in [0.25, 0.3) is 5.56 Å². The second kappa shape index (κ2) is 10.6. The molecule has 0 saturated carbocycles. The van der Waals surface area contributed by atoms with Crippen LogP contribution in [0.15, 0.2) is 75.4 Å². The molecule has 3 aromatic carbocycles. The number of aromatic nitrogens is 2. The second-order valence-electron chi connectivity index (χ2n) is 7.39. The number of aromatic carboxylic acids is 1. The lowest BCUT2D eigenvalue weighted by Gasteiger charge is -2.15. The third-order valence-electron chi connectivity index (χ3n) is 4.99. The number of hydrogen-bond donors (Lipinski definition) is 2. The lowest BCUT2D eigenvalue weighted by Crippen LogP contribution is -2.32. The minimum atomic E-state index is -1.01. The summed E-state index contributed by atoms with van der Waals surface area (Å²) >= 11 is 2.09. The number of rotatable bonds is 8. The number of fused-ring (bicyclic) bond motifs is 1. The van der Waals surface area contributed by atoms with Crippen LogP contribution >= 0.6 is 22.6 Å². The highest BCUT2D eigenvalue weighted by Gasteiger charge is 2.13. The number of benzene rings is 3. The summed E-state index contributed by atoms with van der Waals surface area (Å²) in [6.07, 6.45) is 1.40. The van der Waals surface area contributed by atoms with E-state index in [1.165, 1.54) is 12.3 Å². The second-order valence-corrected chi connectivity index (χ2v) is 8.56. The van der Waals surface area contributed by atoms with E-state index in [1.807, 2.05) is 6.92 Å². The fourth-order valence-electron chi connectivity index (χ4n) is 3.40. The molecule has 10 heteroatoms. The minimum Gasteiger partial charge on any atom is -0.490 e. The van der Waals surface area contributed by atoms with Crippen molar-refractivity contribution >= 4 is 45.7 Å². The van der Waals surface area contributed by atoms with Gasteiger partial charge in [-0.1, -0.05) is 24.3 Å². The Labute approximate surface area is 212 Å². The quantitative estimate of drug-likeness (QED) is 0.239. The van der Waals surface area contributed by atoms with Gasteiger partial charge in [0.05, 0.1) is 32.9 Å². The molecule has 4 aromatic rings. The normalized spacial score (nSPS) is 11.1. The van der Waals surface area contributed by atoms with Crippen molar-refractivity contribution in [2.75, 3.05) is 6.61 Å². The first kappa shape index (κ1) is 24.2. The molecular weight excluding hydrogens is 565 g/mol. The molecule has 0 aliphatic carbocycles. The van der Waals surface area contributed by atoms with Crippen LogP contribution in [0.4, 0.5) is 0 Å². The van der Waals surface area contributed by atoms with Crippen LogP contribution in [0.5, 0.6) is 11.5 Å². The van der Waals surface area contributed by atoms with Crippen molar-refractivity contribution < 1.29 is 19.4 Å². The number of para-hydroxylation sites is 1. The van der Waals surface area contributed by atoms with E-state index in [4.69, 9.17) is 9.47 Å². The molecule has 0 saturated heterocycles. The number of carboxylic acid groups (broad SMARTS) is 1. The van der Waals surface area contributed by atoms with E-state index in [1.54, 1.807) is 54.6 Å². The summed E-state index contributed by atoms with van der Waals surface area (Å²) < 4.78 is 13.2. The maximum Gasteiger partial charge on any atom is 0.349 e. The molecule has 0 atom stereocenters. The number of halogens is 1. The highest BCUT2D eigenvalue weighted by Crippen LogP contribution is 2.34. The molecule has 0 aliphatic heterocycles. The van der Waals surface area contributed by atoms with E-state index >= 15 is 0 Å². The molecule has 2 N–H and O–H groups in total. The van der Waals surface area contributed by atoms with Gasteiger partial charge in [-0.15, -0.1) is 4.68 Å². The van der Waals surface area contributed by atoms with Crippen LogP contribution in [-0.4, -0.2) is 33.6 Å². The van der Waals surface area contributed by atoms with Crippen LogP contribution < -0.4 is 20.7 Å². The largest absolute Gasteiger partial charge is 0.490 e. The van der Waals surface area contributed by atoms with Crippen molar-refractivity contribution in [1.82, 2.24) is 9.66 Å². The fourth-order valence-corrected chi connectivity index (χ4v) is 4.18. The molecule has 0 spiro atoms. The van der Waals surface area contributed by atoms with E-state index < -0.39 is 17.2 Å². The molecule has 1 aromatic heterocycles. The van der Waals surface area contributed by atoms with E-state index in [0.29, 0.717) is 43.7 Å². The number of carbonyl (C=O) groups is 1. The highest BCUT2D eigenvalue weighted by molar-refractivity contribution is 14.1. The summed E-state index contributed by atoms with van der Waals surface area (Å²) in [4.78, 5) is 38.9. The zero-order valence-electron chi connectivity index (χ0n) is 18.5. The van der Waals surface area contributed by atoms with Crippen LogP contribution in [0.25, 0.3) is 10.9 Å². The third kappa shape index (κ3) is 5.43. The van der Waals surface area contributed by atoms with Gasteiger partial charge in [0, 0.05) is 0 Å². The Morgan fingerprint density at radius 3 is 2.69 bits per heavy atom. The topological polar surface area (TPSA) is 123 Å². The van der Waals surface area contributed by atoms with Gasteiger partial charge < -0.3 is 19.6 Å². The van der Waals surface area contributed by atoms with E-state index in [0.717, 1.165) is 4.68 Å². The Morgan fingerprint density at radius 1 is 1.11 bits per heavy atom. The maximum absolute atomic E-state index is 12.7. The number of hydrogen-bond acceptors (Lipinski definition) is 6. The summed E-state index contributed by atoms with van der Waals surface area (Å²) in [5.74, 6) is -0.0644. The molecule has 4 rings (SSSR count). The van der Waals surface area contributed by atoms with Gasteiger partial charge in [-0.25, -0.2) is 9.59 Å². The SMILES string of the molecule is CCOc1cc(C=Nn2c(=O)[nH]c3ccccc3c2=O)cc(I)c1OCc1cccc(C(=O)O)c1. The Hall–Kier alpha value is -3.93. The standard InChI is InChI=1S/C25H20IN3O6/c1-2-34-21-12-16(13-27-29-23(30)18-8-3-4-9-20(18)28-25(29)33)11-19(26)22(21)35-14-15-6-5-7-17(10-15)24(31)32/h3-13H,2,14H2,1H3,(H,28,33)(H,31,32). The maximum atomic E-state index is 12.7. The molecule has 1 heterocycles. The molecule has 0 unspecified atom stereocenters. The van der Waals surface area contributed by atoms with Crippen LogP contribution in [0.2, 0.25) is 0 Å². The van der Waals surface area contributed by atoms with E-state index in [-0.39, 0.29) is 12.2 Å². The number of H-pyrrole nitrogens is 1. The lowest BCUT2D eigenvalue weighted by atomic mass is 10.1. The van der Waals surface area contributed by atoms with Gasteiger partial charge in [-0.2, -0.15) is 5.10 Å². The summed E-state index contributed by atoms with van der Waals surface area (Å²) in [6, 6.07) is 16.7. The first-order valence-corrected chi connectivity index (χ1v) is 11.6.